The van der Waals surface area contributed by atoms with Gasteiger partial charge in [0.1, 0.15) is 22.4 Å². The number of amides is 4. The maximum atomic E-state index is 11.2. The molecular weight excluding hydrogens is 1010 g/mol. The average Bonchev–Trinajstić information content (AvgIpc) is 3.08. The number of thiol groups is 2. The van der Waals surface area contributed by atoms with E-state index in [0.29, 0.717) is 45.4 Å². The standard InChI is InChI=1S/C11H21NO3S.C10H21NO5S.C9H19NO3.C9H19NO2S.C2H4OS.CH3ClO2S/c1-9(13)16-8-6-5-7-12-10(14)15-11(2,3)4;1-10(2,3)16-9(12)11-7-5-6-8-15-17(4,13)14;1-9(2,3)13-8(12)10-6-4-5-7-11;1-9(2,3)12-8(11)10-6-4-5-7-13;1-2(3)4;1-5(2,3)4/h5-8H2,1-4H3,(H,12,14);5-8H2,1-4H3,(H,11,12);11H,4-7H2,1-3H3,(H,10,12);13H,4-7H2,1-3H3,(H,10,11);1H3,(H,3,4);1H3. The van der Waals surface area contributed by atoms with Crippen molar-refractivity contribution in [3.63, 3.8) is 0 Å². The fraction of sp³-hybridized carbons (Fsp3) is 0.857. The van der Waals surface area contributed by atoms with E-state index in [1.54, 1.807) is 27.7 Å². The maximum Gasteiger partial charge on any atom is 0.407 e. The maximum absolute atomic E-state index is 11.2. The van der Waals surface area contributed by atoms with Crippen molar-refractivity contribution in [1.29, 1.82) is 0 Å². The summed E-state index contributed by atoms with van der Waals surface area (Å²) < 4.78 is 64.7. The van der Waals surface area contributed by atoms with Gasteiger partial charge in [-0.25, -0.2) is 27.6 Å². The summed E-state index contributed by atoms with van der Waals surface area (Å²) in [6.45, 7) is 27.3. The highest BCUT2D eigenvalue weighted by Crippen LogP contribution is 2.09. The molecule has 20 nitrogen and oxygen atoms in total. The Bertz CT molecular complexity index is 1530. The molecule has 0 rings (SSSR count). The lowest BCUT2D eigenvalue weighted by molar-refractivity contribution is -0.109. The quantitative estimate of drug-likeness (QED) is 0.0212. The van der Waals surface area contributed by atoms with Gasteiger partial charge in [-0.2, -0.15) is 21.0 Å². The average molecular weight is 1100 g/mol. The second kappa shape index (κ2) is 43.4. The van der Waals surface area contributed by atoms with Gasteiger partial charge in [-0.05, 0) is 140 Å². The first-order valence-corrected chi connectivity index (χ1v) is 28.3. The second-order valence-electron chi connectivity index (χ2n) is 18.1. The Balaban J connectivity index is -0.000000178. The topological polar surface area (TPSA) is 285 Å². The lowest BCUT2D eigenvalue weighted by Crippen LogP contribution is -2.33. The number of nitrogens with one attached hydrogen (secondary N) is 4. The summed E-state index contributed by atoms with van der Waals surface area (Å²) in [5.74, 6) is 1.67. The summed E-state index contributed by atoms with van der Waals surface area (Å²) in [6.07, 6.45) is 6.75. The molecular formula is C42H87ClN4O16S5. The third kappa shape index (κ3) is 106. The van der Waals surface area contributed by atoms with Gasteiger partial charge in [-0.15, -0.1) is 12.6 Å². The number of ether oxygens (including phenoxy) is 4. The highest BCUT2D eigenvalue weighted by atomic mass is 35.7. The first-order valence-electron chi connectivity index (χ1n) is 21.7. The first-order chi connectivity index (χ1) is 30.6. The fourth-order valence-corrected chi connectivity index (χ4v) is 4.65. The molecule has 0 aromatic rings. The van der Waals surface area contributed by atoms with Crippen LogP contribution in [0.15, 0.2) is 0 Å². The summed E-state index contributed by atoms with van der Waals surface area (Å²) >= 11 is 8.71. The molecule has 0 unspecified atom stereocenters. The van der Waals surface area contributed by atoms with E-state index in [-0.39, 0.29) is 35.6 Å². The number of thioether (sulfide) groups is 1. The number of carbonyl (C=O) groups excluding carboxylic acids is 6. The third-order valence-corrected chi connectivity index (χ3v) is 7.40. The lowest BCUT2D eigenvalue weighted by Gasteiger charge is -2.19. The minimum atomic E-state index is -3.36. The van der Waals surface area contributed by atoms with Crippen LogP contribution in [-0.2, 0) is 51.9 Å². The third-order valence-electron chi connectivity index (χ3n) is 5.59. The van der Waals surface area contributed by atoms with Crippen LogP contribution in [0.25, 0.3) is 0 Å². The number of aliphatic hydroxyl groups is 1. The zero-order valence-electron chi connectivity index (χ0n) is 43.4. The predicted molar refractivity (Wildman–Crippen MR) is 279 cm³/mol. The number of hydrogen-bond donors (Lipinski definition) is 7. The van der Waals surface area contributed by atoms with Gasteiger partial charge in [-0.3, -0.25) is 13.8 Å². The number of alkyl carbamates (subject to hydrolysis) is 4. The van der Waals surface area contributed by atoms with E-state index in [0.717, 1.165) is 56.1 Å². The van der Waals surface area contributed by atoms with Crippen LogP contribution in [0.3, 0.4) is 0 Å². The van der Waals surface area contributed by atoms with Crippen LogP contribution in [0, 0.1) is 0 Å². The van der Waals surface area contributed by atoms with Crippen LogP contribution in [0.2, 0.25) is 0 Å². The van der Waals surface area contributed by atoms with Crippen molar-refractivity contribution in [3.8, 4) is 0 Å². The van der Waals surface area contributed by atoms with Gasteiger partial charge in [0.25, 0.3) is 10.1 Å². The van der Waals surface area contributed by atoms with Gasteiger partial charge in [0, 0.05) is 63.1 Å². The molecule has 0 spiro atoms. The molecule has 0 saturated carbocycles. The number of unbranched alkanes of at least 4 members (excludes halogenated alkanes) is 4. The van der Waals surface area contributed by atoms with Gasteiger partial charge in [0.2, 0.25) is 9.05 Å². The zero-order chi connectivity index (χ0) is 54.8. The van der Waals surface area contributed by atoms with E-state index in [1.807, 2.05) is 62.3 Å². The lowest BCUT2D eigenvalue weighted by atomic mass is 10.2. The molecule has 0 aromatic carbocycles. The minimum absolute atomic E-state index is 0.134. The van der Waals surface area contributed by atoms with Crippen LogP contribution in [0.4, 0.5) is 19.2 Å². The summed E-state index contributed by atoms with van der Waals surface area (Å²) in [7, 11) is -2.06. The van der Waals surface area contributed by atoms with Crippen molar-refractivity contribution in [2.45, 2.75) is 171 Å². The molecule has 0 aromatic heterocycles. The molecule has 408 valence electrons. The molecule has 0 heterocycles. The smallest absolute Gasteiger partial charge is 0.407 e. The summed E-state index contributed by atoms with van der Waals surface area (Å²) in [6, 6.07) is 0. The molecule has 0 radical (unpaired) electrons. The van der Waals surface area contributed by atoms with E-state index in [2.05, 4.69) is 61.4 Å². The predicted octanol–water partition coefficient (Wildman–Crippen LogP) is 7.99. The Morgan fingerprint density at radius 2 is 0.809 bits per heavy atom. The molecule has 26 heteroatoms. The van der Waals surface area contributed by atoms with Crippen LogP contribution in [0.1, 0.15) is 148 Å². The number of aliphatic hydroxyl groups excluding tert-OH is 1. The Hall–Kier alpha value is -2.42. The van der Waals surface area contributed by atoms with Crippen molar-refractivity contribution >= 4 is 101 Å². The van der Waals surface area contributed by atoms with E-state index in [1.165, 1.54) is 18.7 Å². The molecule has 0 bridgehead atoms. The minimum Gasteiger partial charge on any atom is -0.444 e. The monoisotopic (exact) mass is 1100 g/mol. The largest absolute Gasteiger partial charge is 0.444 e. The van der Waals surface area contributed by atoms with Crippen molar-refractivity contribution in [2.75, 3.05) is 63.4 Å². The Morgan fingerprint density at radius 3 is 1.04 bits per heavy atom. The summed E-state index contributed by atoms with van der Waals surface area (Å²) in [4.78, 5) is 64.4. The van der Waals surface area contributed by atoms with Gasteiger partial charge in [-0.1, -0.05) is 11.8 Å². The second-order valence-corrected chi connectivity index (χ2v) is 25.1. The fourth-order valence-electron chi connectivity index (χ4n) is 3.37. The van der Waals surface area contributed by atoms with Gasteiger partial charge < -0.3 is 45.3 Å². The summed E-state index contributed by atoms with van der Waals surface area (Å²) in [5.41, 5.74) is -1.81. The number of carbonyl (C=O) groups is 6. The molecule has 68 heavy (non-hydrogen) atoms. The Kier molecular flexibility index (Phi) is 49.1. The van der Waals surface area contributed by atoms with Crippen molar-refractivity contribution in [2.24, 2.45) is 0 Å². The number of rotatable bonds is 19. The molecule has 0 aliphatic rings. The van der Waals surface area contributed by atoms with Crippen molar-refractivity contribution in [3.05, 3.63) is 0 Å². The number of hydrogen-bond acceptors (Lipinski definition) is 18. The van der Waals surface area contributed by atoms with Gasteiger partial charge in [0.15, 0.2) is 10.2 Å². The molecule has 0 atom stereocenters. The van der Waals surface area contributed by atoms with Crippen LogP contribution < -0.4 is 21.3 Å². The van der Waals surface area contributed by atoms with Gasteiger partial charge in [0.05, 0.1) is 19.1 Å². The number of halogens is 1. The van der Waals surface area contributed by atoms with Gasteiger partial charge >= 0.3 is 24.4 Å². The van der Waals surface area contributed by atoms with E-state index in [9.17, 15) is 45.6 Å². The van der Waals surface area contributed by atoms with Crippen LogP contribution in [-0.4, -0.2) is 142 Å². The Labute approximate surface area is 428 Å². The molecule has 4 amide bonds. The van der Waals surface area contributed by atoms with E-state index in [4.69, 9.17) is 24.1 Å². The van der Waals surface area contributed by atoms with E-state index < -0.39 is 53.8 Å². The SMILES string of the molecule is CC(=O)S.CC(=O)SCCCCNC(=O)OC(C)(C)C.CC(C)(C)OC(=O)NCCCCO.CC(C)(C)OC(=O)NCCCCOS(C)(=O)=O.CC(C)(C)OC(=O)NCCCCS.CS(=O)(=O)Cl. The summed E-state index contributed by atoms with van der Waals surface area (Å²) in [5, 5.41) is 19.0. The molecule has 0 saturated heterocycles. The van der Waals surface area contributed by atoms with Crippen molar-refractivity contribution in [1.82, 2.24) is 21.3 Å². The first kappa shape index (κ1) is 77.0. The van der Waals surface area contributed by atoms with Crippen LogP contribution >= 0.6 is 47.7 Å². The van der Waals surface area contributed by atoms with Crippen molar-refractivity contribution < 1.29 is 73.8 Å². The molecule has 0 aliphatic heterocycles. The highest BCUT2D eigenvalue weighted by molar-refractivity contribution is 8.13. The van der Waals surface area contributed by atoms with Crippen LogP contribution in [0.5, 0.6) is 0 Å². The molecule has 0 aliphatic carbocycles. The van der Waals surface area contributed by atoms with E-state index >= 15 is 0 Å². The Morgan fingerprint density at radius 1 is 0.544 bits per heavy atom. The molecule has 0 fully saturated rings. The zero-order valence-corrected chi connectivity index (χ0v) is 48.4. The highest BCUT2D eigenvalue weighted by Gasteiger charge is 2.18. The normalized spacial score (nSPS) is 11.1. The molecule has 5 N–H and O–H groups in total.